The minimum atomic E-state index is -0.825. The fraction of sp³-hybridized carbons (Fsp3) is 0.600. The monoisotopic (exact) mass is 279 g/mol. The van der Waals surface area contributed by atoms with Crippen LogP contribution in [0.25, 0.3) is 0 Å². The summed E-state index contributed by atoms with van der Waals surface area (Å²) < 4.78 is 20.3. The molecule has 3 rings (SSSR count). The lowest BCUT2D eigenvalue weighted by Crippen LogP contribution is -2.41. The zero-order chi connectivity index (χ0) is 14.1. The normalized spacial score (nSPS) is 33.5. The van der Waals surface area contributed by atoms with E-state index in [0.717, 1.165) is 31.2 Å². The molecule has 0 N–H and O–H groups in total. The quantitative estimate of drug-likeness (QED) is 0.608. The van der Waals surface area contributed by atoms with Gasteiger partial charge < -0.3 is 4.74 Å². The van der Waals surface area contributed by atoms with Crippen molar-refractivity contribution in [3.63, 3.8) is 0 Å². The van der Waals surface area contributed by atoms with Crippen molar-refractivity contribution in [3.8, 4) is 0 Å². The summed E-state index contributed by atoms with van der Waals surface area (Å²) >= 11 is 0. The molecule has 0 aromatic heterocycles. The number of alkyl halides is 1. The zero-order valence-electron chi connectivity index (χ0n) is 11.2. The second kappa shape index (κ2) is 5.48. The number of nitrogens with zero attached hydrogens (tertiary/aromatic N) is 1. The van der Waals surface area contributed by atoms with Crippen LogP contribution in [0, 0.1) is 16.0 Å². The molecule has 20 heavy (non-hydrogen) atoms. The van der Waals surface area contributed by atoms with Gasteiger partial charge in [-0.1, -0.05) is 12.8 Å². The van der Waals surface area contributed by atoms with Crippen molar-refractivity contribution >= 4 is 5.69 Å². The number of nitro groups is 1. The average Bonchev–Trinajstić information content (AvgIpc) is 2.47. The van der Waals surface area contributed by atoms with E-state index in [0.29, 0.717) is 6.42 Å². The molecule has 1 aromatic carbocycles. The van der Waals surface area contributed by atoms with Crippen LogP contribution in [0.3, 0.4) is 0 Å². The maximum absolute atomic E-state index is 14.3. The van der Waals surface area contributed by atoms with E-state index in [2.05, 4.69) is 0 Å². The highest BCUT2D eigenvalue weighted by atomic mass is 19.1. The maximum atomic E-state index is 14.3. The standard InChI is InChI=1S/C15H18FNO3/c16-13-9-15(20-14-4-2-1-3-12(13)14)10-5-7-11(8-6-10)17(18)19/h5-8,12-15H,1-4,9H2/t12-,13+,14+,15+/m1/s1. The third kappa shape index (κ3) is 2.54. The highest BCUT2D eigenvalue weighted by Gasteiger charge is 2.40. The molecule has 108 valence electrons. The SMILES string of the molecule is O=[N+]([O-])c1ccc([C@@H]2C[C@H](F)[C@H]3CCCC[C@@H]3O2)cc1. The Morgan fingerprint density at radius 1 is 1.20 bits per heavy atom. The van der Waals surface area contributed by atoms with Gasteiger partial charge >= 0.3 is 0 Å². The van der Waals surface area contributed by atoms with Crippen molar-refractivity contribution in [2.75, 3.05) is 0 Å². The Bertz CT molecular complexity index is 490. The predicted octanol–water partition coefficient (Wildman–Crippen LogP) is 3.95. The Morgan fingerprint density at radius 3 is 2.60 bits per heavy atom. The Kier molecular flexibility index (Phi) is 3.70. The molecule has 4 nitrogen and oxygen atoms in total. The fourth-order valence-corrected chi connectivity index (χ4v) is 3.38. The molecule has 1 aliphatic heterocycles. The number of halogens is 1. The van der Waals surface area contributed by atoms with Crippen molar-refractivity contribution in [2.45, 2.75) is 50.5 Å². The highest BCUT2D eigenvalue weighted by molar-refractivity contribution is 5.34. The first kappa shape index (κ1) is 13.5. The van der Waals surface area contributed by atoms with Crippen LogP contribution in [0.1, 0.15) is 43.8 Å². The van der Waals surface area contributed by atoms with Crippen LogP contribution in [-0.4, -0.2) is 17.2 Å². The minimum absolute atomic E-state index is 0.00712. The molecular weight excluding hydrogens is 261 g/mol. The Morgan fingerprint density at radius 2 is 1.90 bits per heavy atom. The largest absolute Gasteiger partial charge is 0.370 e. The number of nitro benzene ring substituents is 1. The molecule has 0 radical (unpaired) electrons. The molecule has 5 heteroatoms. The Balaban J connectivity index is 1.75. The summed E-state index contributed by atoms with van der Waals surface area (Å²) in [4.78, 5) is 10.2. The molecule has 2 aliphatic rings. The van der Waals surface area contributed by atoms with Crippen LogP contribution in [0.15, 0.2) is 24.3 Å². The second-order valence-electron chi connectivity index (χ2n) is 5.71. The molecule has 1 aliphatic carbocycles. The van der Waals surface area contributed by atoms with Gasteiger partial charge in [0, 0.05) is 24.5 Å². The lowest BCUT2D eigenvalue weighted by molar-refractivity contribution is -0.384. The van der Waals surface area contributed by atoms with Crippen molar-refractivity contribution < 1.29 is 14.1 Å². The summed E-state index contributed by atoms with van der Waals surface area (Å²) in [6.45, 7) is 0. The summed E-state index contributed by atoms with van der Waals surface area (Å²) in [5.41, 5.74) is 0.888. The van der Waals surface area contributed by atoms with Crippen molar-refractivity contribution in [3.05, 3.63) is 39.9 Å². The molecule has 1 heterocycles. The molecule has 1 saturated carbocycles. The fourth-order valence-electron chi connectivity index (χ4n) is 3.38. The van der Waals surface area contributed by atoms with E-state index in [4.69, 9.17) is 4.74 Å². The number of non-ortho nitro benzene ring substituents is 1. The number of hydrogen-bond donors (Lipinski definition) is 0. The van der Waals surface area contributed by atoms with Gasteiger partial charge in [-0.05, 0) is 30.5 Å². The summed E-state index contributed by atoms with van der Waals surface area (Å²) in [6, 6.07) is 6.27. The predicted molar refractivity (Wildman–Crippen MR) is 72.2 cm³/mol. The van der Waals surface area contributed by atoms with E-state index in [-0.39, 0.29) is 23.8 Å². The molecule has 0 bridgehead atoms. The van der Waals surface area contributed by atoms with Gasteiger partial charge in [0.25, 0.3) is 5.69 Å². The molecule has 1 aromatic rings. The van der Waals surface area contributed by atoms with Gasteiger partial charge in [0.2, 0.25) is 0 Å². The molecule has 1 saturated heterocycles. The Hall–Kier alpha value is -1.49. The first-order valence-corrected chi connectivity index (χ1v) is 7.19. The molecular formula is C15H18FNO3. The van der Waals surface area contributed by atoms with Gasteiger partial charge in [0.15, 0.2) is 0 Å². The number of rotatable bonds is 2. The lowest BCUT2D eigenvalue weighted by atomic mass is 9.79. The van der Waals surface area contributed by atoms with Gasteiger partial charge in [-0.3, -0.25) is 10.1 Å². The van der Waals surface area contributed by atoms with Gasteiger partial charge in [-0.15, -0.1) is 0 Å². The van der Waals surface area contributed by atoms with Gasteiger partial charge in [0.05, 0.1) is 17.1 Å². The van der Waals surface area contributed by atoms with Crippen molar-refractivity contribution in [1.82, 2.24) is 0 Å². The molecule has 0 unspecified atom stereocenters. The lowest BCUT2D eigenvalue weighted by Gasteiger charge is -2.41. The van der Waals surface area contributed by atoms with E-state index in [1.165, 1.54) is 12.1 Å². The summed E-state index contributed by atoms with van der Waals surface area (Å²) in [5.74, 6) is 0.0399. The number of fused-ring (bicyclic) bond motifs is 1. The minimum Gasteiger partial charge on any atom is -0.370 e. The third-order valence-corrected chi connectivity index (χ3v) is 4.47. The first-order valence-electron chi connectivity index (χ1n) is 7.19. The second-order valence-corrected chi connectivity index (χ2v) is 5.71. The van der Waals surface area contributed by atoms with E-state index in [1.807, 2.05) is 0 Å². The zero-order valence-corrected chi connectivity index (χ0v) is 11.2. The number of ether oxygens (including phenoxy) is 1. The first-order chi connectivity index (χ1) is 9.65. The van der Waals surface area contributed by atoms with E-state index < -0.39 is 11.1 Å². The van der Waals surface area contributed by atoms with Crippen LogP contribution in [-0.2, 0) is 4.74 Å². The topological polar surface area (TPSA) is 52.4 Å². The number of benzene rings is 1. The maximum Gasteiger partial charge on any atom is 0.269 e. The number of hydrogen-bond acceptors (Lipinski definition) is 3. The summed E-state index contributed by atoms with van der Waals surface area (Å²) in [5, 5.41) is 10.6. The van der Waals surface area contributed by atoms with Gasteiger partial charge in [-0.25, -0.2) is 4.39 Å². The smallest absolute Gasteiger partial charge is 0.269 e. The van der Waals surface area contributed by atoms with Gasteiger partial charge in [-0.2, -0.15) is 0 Å². The van der Waals surface area contributed by atoms with E-state index in [9.17, 15) is 14.5 Å². The van der Waals surface area contributed by atoms with Gasteiger partial charge in [0.1, 0.15) is 6.17 Å². The highest BCUT2D eigenvalue weighted by Crippen LogP contribution is 2.42. The molecule has 0 spiro atoms. The Labute approximate surface area is 117 Å². The summed E-state index contributed by atoms with van der Waals surface area (Å²) in [6.07, 6.45) is 3.30. The molecule has 4 atom stereocenters. The third-order valence-electron chi connectivity index (χ3n) is 4.47. The molecule has 2 fully saturated rings. The summed E-state index contributed by atoms with van der Waals surface area (Å²) in [7, 11) is 0. The van der Waals surface area contributed by atoms with E-state index >= 15 is 0 Å². The van der Waals surface area contributed by atoms with Crippen molar-refractivity contribution in [2.24, 2.45) is 5.92 Å². The van der Waals surface area contributed by atoms with Crippen molar-refractivity contribution in [1.29, 1.82) is 0 Å². The van der Waals surface area contributed by atoms with Crippen LogP contribution in [0.4, 0.5) is 10.1 Å². The van der Waals surface area contributed by atoms with E-state index in [1.54, 1.807) is 12.1 Å². The van der Waals surface area contributed by atoms with Crippen LogP contribution >= 0.6 is 0 Å². The van der Waals surface area contributed by atoms with Crippen LogP contribution < -0.4 is 0 Å². The van der Waals surface area contributed by atoms with Crippen LogP contribution in [0.2, 0.25) is 0 Å². The average molecular weight is 279 g/mol. The molecule has 0 amide bonds. The van der Waals surface area contributed by atoms with Crippen LogP contribution in [0.5, 0.6) is 0 Å².